The number of aromatic nitrogens is 2. The number of carbonyl (C=O) groups excluding carboxylic acids is 1. The number of hydrogen-bond acceptors (Lipinski definition) is 3. The van der Waals surface area contributed by atoms with Gasteiger partial charge in [-0.05, 0) is 49.4 Å². The summed E-state index contributed by atoms with van der Waals surface area (Å²) in [6.45, 7) is 1.84. The molecule has 0 saturated heterocycles. The van der Waals surface area contributed by atoms with Gasteiger partial charge in [-0.25, -0.2) is 4.68 Å². The number of halogens is 1. The number of benzene rings is 3. The van der Waals surface area contributed by atoms with Gasteiger partial charge in [0.25, 0.3) is 5.91 Å². The molecule has 0 fully saturated rings. The van der Waals surface area contributed by atoms with E-state index in [9.17, 15) is 4.79 Å². The summed E-state index contributed by atoms with van der Waals surface area (Å²) in [6, 6.07) is 26.8. The van der Waals surface area contributed by atoms with Crippen molar-refractivity contribution in [1.29, 1.82) is 0 Å². The molecular formula is C26H19ClN4O. The van der Waals surface area contributed by atoms with Crippen LogP contribution in [0.3, 0.4) is 0 Å². The first kappa shape index (κ1) is 20.0. The van der Waals surface area contributed by atoms with Crippen LogP contribution in [-0.4, -0.2) is 21.4 Å². The van der Waals surface area contributed by atoms with E-state index in [2.05, 4.69) is 5.10 Å². The Bertz CT molecular complexity index is 1340. The first-order valence-electron chi connectivity index (χ1n) is 10.2. The van der Waals surface area contributed by atoms with Crippen molar-refractivity contribution in [2.45, 2.75) is 6.92 Å². The van der Waals surface area contributed by atoms with Gasteiger partial charge in [-0.3, -0.25) is 4.79 Å². The van der Waals surface area contributed by atoms with Crippen molar-refractivity contribution in [2.24, 2.45) is 5.10 Å². The Morgan fingerprint density at radius 3 is 2.12 bits per heavy atom. The topological polar surface area (TPSA) is 50.5 Å². The third-order valence-electron chi connectivity index (χ3n) is 5.24. The van der Waals surface area contributed by atoms with Gasteiger partial charge in [0.15, 0.2) is 0 Å². The minimum absolute atomic E-state index is 0.164. The maximum absolute atomic E-state index is 13.2. The molecule has 5 rings (SSSR count). The fourth-order valence-electron chi connectivity index (χ4n) is 3.62. The highest BCUT2D eigenvalue weighted by atomic mass is 35.5. The van der Waals surface area contributed by atoms with E-state index in [1.165, 1.54) is 5.01 Å². The van der Waals surface area contributed by atoms with Crippen LogP contribution < -0.4 is 5.01 Å². The standard InChI is InChI=1S/C26H19ClN4O/c1-18-24(26(32)31(28-18)23-10-6-3-7-11-23)16-20-17-30(22-8-4-2-5-9-22)29-25(20)19-12-14-21(27)15-13-19/h2-17H,1H3/b24-16-. The molecular weight excluding hydrogens is 420 g/mol. The van der Waals surface area contributed by atoms with Gasteiger partial charge in [0.1, 0.15) is 0 Å². The van der Waals surface area contributed by atoms with Gasteiger partial charge in [0.05, 0.1) is 28.4 Å². The van der Waals surface area contributed by atoms with Crippen LogP contribution in [0, 0.1) is 0 Å². The highest BCUT2D eigenvalue weighted by molar-refractivity contribution is 6.32. The minimum Gasteiger partial charge on any atom is -0.267 e. The highest BCUT2D eigenvalue weighted by Crippen LogP contribution is 2.30. The van der Waals surface area contributed by atoms with Gasteiger partial charge < -0.3 is 0 Å². The van der Waals surface area contributed by atoms with E-state index < -0.39 is 0 Å². The summed E-state index contributed by atoms with van der Waals surface area (Å²) in [5.74, 6) is -0.164. The van der Waals surface area contributed by atoms with Crippen molar-refractivity contribution in [3.63, 3.8) is 0 Å². The van der Waals surface area contributed by atoms with Crippen molar-refractivity contribution >= 4 is 35.0 Å². The predicted molar refractivity (Wildman–Crippen MR) is 129 cm³/mol. The highest BCUT2D eigenvalue weighted by Gasteiger charge is 2.29. The molecule has 1 aliphatic rings. The van der Waals surface area contributed by atoms with Gasteiger partial charge in [-0.1, -0.05) is 60.1 Å². The Hall–Kier alpha value is -3.96. The molecule has 156 valence electrons. The number of para-hydroxylation sites is 2. The van der Waals surface area contributed by atoms with Crippen molar-refractivity contribution < 1.29 is 4.79 Å². The van der Waals surface area contributed by atoms with Gasteiger partial charge in [0.2, 0.25) is 0 Å². The van der Waals surface area contributed by atoms with Crippen LogP contribution in [0.2, 0.25) is 5.02 Å². The molecule has 3 aromatic carbocycles. The molecule has 2 heterocycles. The molecule has 0 unspecified atom stereocenters. The summed E-state index contributed by atoms with van der Waals surface area (Å²) < 4.78 is 1.82. The Morgan fingerprint density at radius 1 is 0.844 bits per heavy atom. The molecule has 1 amide bonds. The largest absolute Gasteiger partial charge is 0.280 e. The van der Waals surface area contributed by atoms with E-state index in [-0.39, 0.29) is 5.91 Å². The zero-order valence-electron chi connectivity index (χ0n) is 17.3. The molecule has 0 aliphatic carbocycles. The monoisotopic (exact) mass is 438 g/mol. The molecule has 0 N–H and O–H groups in total. The van der Waals surface area contributed by atoms with E-state index in [0.29, 0.717) is 16.3 Å². The second kappa shape index (κ2) is 8.29. The Balaban J connectivity index is 1.60. The number of rotatable bonds is 4. The summed E-state index contributed by atoms with van der Waals surface area (Å²) in [7, 11) is 0. The number of carbonyl (C=O) groups is 1. The third kappa shape index (κ3) is 3.74. The normalized spacial score (nSPS) is 14.8. The second-order valence-corrected chi connectivity index (χ2v) is 7.85. The maximum Gasteiger partial charge on any atom is 0.280 e. The van der Waals surface area contributed by atoms with Crippen LogP contribution in [0.1, 0.15) is 12.5 Å². The molecule has 0 bridgehead atoms. The number of anilines is 1. The first-order valence-corrected chi connectivity index (χ1v) is 10.6. The zero-order chi connectivity index (χ0) is 22.1. The van der Waals surface area contributed by atoms with E-state index >= 15 is 0 Å². The third-order valence-corrected chi connectivity index (χ3v) is 5.50. The minimum atomic E-state index is -0.164. The molecule has 4 aromatic rings. The maximum atomic E-state index is 13.2. The lowest BCUT2D eigenvalue weighted by Gasteiger charge is -2.11. The van der Waals surface area contributed by atoms with Crippen LogP contribution in [0.25, 0.3) is 23.0 Å². The number of amides is 1. The van der Waals surface area contributed by atoms with Gasteiger partial charge in [-0.2, -0.15) is 15.2 Å². The van der Waals surface area contributed by atoms with Crippen LogP contribution in [0.5, 0.6) is 0 Å². The Morgan fingerprint density at radius 2 is 1.47 bits per heavy atom. The summed E-state index contributed by atoms with van der Waals surface area (Å²) in [5, 5.41) is 11.4. The van der Waals surface area contributed by atoms with Crippen molar-refractivity contribution in [3.8, 4) is 16.9 Å². The number of nitrogens with zero attached hydrogens (tertiary/aromatic N) is 4. The molecule has 1 aromatic heterocycles. The SMILES string of the molecule is CC1=NN(c2ccccc2)C(=O)/C1=C\c1cn(-c2ccccc2)nc1-c1ccc(Cl)cc1. The molecule has 6 heteroatoms. The van der Waals surface area contributed by atoms with Crippen LogP contribution in [-0.2, 0) is 4.79 Å². The molecule has 32 heavy (non-hydrogen) atoms. The molecule has 0 atom stereocenters. The lowest BCUT2D eigenvalue weighted by molar-refractivity contribution is -0.114. The quantitative estimate of drug-likeness (QED) is 0.367. The smallest absolute Gasteiger partial charge is 0.267 e. The molecule has 5 nitrogen and oxygen atoms in total. The second-order valence-electron chi connectivity index (χ2n) is 7.42. The summed E-state index contributed by atoms with van der Waals surface area (Å²) >= 11 is 6.09. The van der Waals surface area contributed by atoms with E-state index in [4.69, 9.17) is 16.7 Å². The summed E-state index contributed by atoms with van der Waals surface area (Å²) in [4.78, 5) is 13.2. The van der Waals surface area contributed by atoms with E-state index in [0.717, 1.165) is 28.2 Å². The molecule has 0 radical (unpaired) electrons. The zero-order valence-corrected chi connectivity index (χ0v) is 18.1. The van der Waals surface area contributed by atoms with Crippen LogP contribution in [0.15, 0.2) is 102 Å². The summed E-state index contributed by atoms with van der Waals surface area (Å²) in [5.41, 5.74) is 5.36. The van der Waals surface area contributed by atoms with Crippen molar-refractivity contribution in [3.05, 3.63) is 107 Å². The Labute approximate surface area is 190 Å². The number of hydrogen-bond donors (Lipinski definition) is 0. The van der Waals surface area contributed by atoms with Gasteiger partial charge in [-0.15, -0.1) is 0 Å². The fraction of sp³-hybridized carbons (Fsp3) is 0.0385. The van der Waals surface area contributed by atoms with Crippen molar-refractivity contribution in [2.75, 3.05) is 5.01 Å². The van der Waals surface area contributed by atoms with E-state index in [1.807, 2.05) is 109 Å². The van der Waals surface area contributed by atoms with Gasteiger partial charge in [0, 0.05) is 22.3 Å². The molecule has 0 saturated carbocycles. The predicted octanol–water partition coefficient (Wildman–Crippen LogP) is 6.00. The van der Waals surface area contributed by atoms with E-state index in [1.54, 1.807) is 0 Å². The lowest BCUT2D eigenvalue weighted by atomic mass is 10.0. The fourth-order valence-corrected chi connectivity index (χ4v) is 3.75. The number of hydrazone groups is 1. The van der Waals surface area contributed by atoms with Gasteiger partial charge >= 0.3 is 0 Å². The van der Waals surface area contributed by atoms with Crippen LogP contribution >= 0.6 is 11.6 Å². The van der Waals surface area contributed by atoms with Crippen molar-refractivity contribution in [1.82, 2.24) is 9.78 Å². The average molecular weight is 439 g/mol. The molecule has 1 aliphatic heterocycles. The van der Waals surface area contributed by atoms with Crippen LogP contribution in [0.4, 0.5) is 5.69 Å². The Kier molecular flexibility index (Phi) is 5.17. The molecule has 0 spiro atoms. The first-order chi connectivity index (χ1) is 15.6. The lowest BCUT2D eigenvalue weighted by Crippen LogP contribution is -2.21. The average Bonchev–Trinajstić information content (AvgIpc) is 3.37. The summed E-state index contributed by atoms with van der Waals surface area (Å²) in [6.07, 6.45) is 3.79.